The first-order valence-electron chi connectivity index (χ1n) is 8.79. The van der Waals surface area contributed by atoms with E-state index in [1.54, 1.807) is 0 Å². The van der Waals surface area contributed by atoms with E-state index < -0.39 is 0 Å². The minimum atomic E-state index is 0.0271. The molecule has 2 N–H and O–H groups in total. The van der Waals surface area contributed by atoms with E-state index in [1.165, 1.54) is 25.7 Å². The lowest BCUT2D eigenvalue weighted by Crippen LogP contribution is -2.44. The van der Waals surface area contributed by atoms with E-state index in [2.05, 4.69) is 31.1 Å². The van der Waals surface area contributed by atoms with Gasteiger partial charge in [0.2, 0.25) is 0 Å². The van der Waals surface area contributed by atoms with Crippen molar-refractivity contribution in [1.82, 2.24) is 10.3 Å². The van der Waals surface area contributed by atoms with E-state index in [4.69, 9.17) is 0 Å². The standard InChI is InChI=1S/C20H28N2O/c1-20(2,3)16-9-5-7-11-18(16)21-13-15-12-14-8-4-6-10-17(14)22-19(15)23/h4,6,8,10,12,16,18,21H,5,7,9,11,13H2,1-3H3,(H,22,23). The maximum atomic E-state index is 12.3. The Morgan fingerprint density at radius 2 is 1.91 bits per heavy atom. The molecule has 0 radical (unpaired) electrons. The van der Waals surface area contributed by atoms with Crippen molar-refractivity contribution in [3.8, 4) is 0 Å². The summed E-state index contributed by atoms with van der Waals surface area (Å²) in [6, 6.07) is 10.5. The molecule has 2 unspecified atom stereocenters. The lowest BCUT2D eigenvalue weighted by Gasteiger charge is -2.41. The zero-order valence-corrected chi connectivity index (χ0v) is 14.5. The number of nitrogens with one attached hydrogen (secondary N) is 2. The molecule has 124 valence electrons. The largest absolute Gasteiger partial charge is 0.322 e. The van der Waals surface area contributed by atoms with Crippen molar-refractivity contribution in [2.75, 3.05) is 0 Å². The fourth-order valence-corrected chi connectivity index (χ4v) is 3.98. The number of aromatic amines is 1. The van der Waals surface area contributed by atoms with Crippen molar-refractivity contribution in [1.29, 1.82) is 0 Å². The number of hydrogen-bond donors (Lipinski definition) is 2. The van der Waals surface area contributed by atoms with Gasteiger partial charge >= 0.3 is 0 Å². The average molecular weight is 312 g/mol. The molecule has 1 aliphatic rings. The second kappa shape index (κ2) is 6.48. The third-order valence-corrected chi connectivity index (χ3v) is 5.26. The molecule has 2 aromatic rings. The molecule has 3 rings (SSSR count). The first-order chi connectivity index (χ1) is 10.9. The fraction of sp³-hybridized carbons (Fsp3) is 0.550. The molecular formula is C20H28N2O. The molecule has 2 atom stereocenters. The molecule has 1 saturated carbocycles. The number of hydrogen-bond acceptors (Lipinski definition) is 2. The first-order valence-corrected chi connectivity index (χ1v) is 8.79. The normalized spacial score (nSPS) is 22.4. The summed E-state index contributed by atoms with van der Waals surface area (Å²) in [4.78, 5) is 15.3. The number of benzene rings is 1. The molecular weight excluding hydrogens is 284 g/mol. The quantitative estimate of drug-likeness (QED) is 0.891. The Bertz CT molecular complexity index is 726. The van der Waals surface area contributed by atoms with Gasteiger partial charge in [0.05, 0.1) is 0 Å². The van der Waals surface area contributed by atoms with Crippen LogP contribution >= 0.6 is 0 Å². The minimum absolute atomic E-state index is 0.0271. The van der Waals surface area contributed by atoms with Crippen LogP contribution in [0.2, 0.25) is 0 Å². The molecule has 1 fully saturated rings. The Balaban J connectivity index is 1.77. The number of fused-ring (bicyclic) bond motifs is 1. The Kier molecular flexibility index (Phi) is 4.58. The molecule has 1 aromatic heterocycles. The first kappa shape index (κ1) is 16.3. The van der Waals surface area contributed by atoms with E-state index in [1.807, 2.05) is 30.3 Å². The number of pyridine rings is 1. The van der Waals surface area contributed by atoms with Gasteiger partial charge in [-0.3, -0.25) is 4.79 Å². The molecule has 23 heavy (non-hydrogen) atoms. The highest BCUT2D eigenvalue weighted by atomic mass is 16.1. The van der Waals surface area contributed by atoms with Crippen molar-refractivity contribution in [2.45, 2.75) is 59.0 Å². The third-order valence-electron chi connectivity index (χ3n) is 5.26. The van der Waals surface area contributed by atoms with Gasteiger partial charge in [-0.1, -0.05) is 51.8 Å². The molecule has 0 spiro atoms. The van der Waals surface area contributed by atoms with Crippen molar-refractivity contribution < 1.29 is 0 Å². The molecule has 3 heteroatoms. The number of H-pyrrole nitrogens is 1. The van der Waals surface area contributed by atoms with Crippen LogP contribution in [0.25, 0.3) is 10.9 Å². The Morgan fingerprint density at radius 3 is 2.70 bits per heavy atom. The predicted octanol–water partition coefficient (Wildman–Crippen LogP) is 4.22. The van der Waals surface area contributed by atoms with Crippen molar-refractivity contribution in [3.05, 3.63) is 46.2 Å². The van der Waals surface area contributed by atoms with Crippen LogP contribution in [0.3, 0.4) is 0 Å². The Morgan fingerprint density at radius 1 is 1.17 bits per heavy atom. The van der Waals surface area contributed by atoms with Gasteiger partial charge in [-0.05, 0) is 41.7 Å². The topological polar surface area (TPSA) is 44.9 Å². The lowest BCUT2D eigenvalue weighted by molar-refractivity contribution is 0.130. The maximum Gasteiger partial charge on any atom is 0.252 e. The van der Waals surface area contributed by atoms with Gasteiger partial charge in [-0.15, -0.1) is 0 Å². The highest BCUT2D eigenvalue weighted by Crippen LogP contribution is 2.38. The van der Waals surface area contributed by atoms with Crippen LogP contribution in [0.15, 0.2) is 35.1 Å². The van der Waals surface area contributed by atoms with Crippen LogP contribution in [-0.2, 0) is 6.54 Å². The summed E-state index contributed by atoms with van der Waals surface area (Å²) in [7, 11) is 0. The molecule has 1 aliphatic carbocycles. The Labute approximate surface area is 138 Å². The van der Waals surface area contributed by atoms with Crippen LogP contribution in [0, 0.1) is 11.3 Å². The van der Waals surface area contributed by atoms with Crippen molar-refractivity contribution >= 4 is 10.9 Å². The summed E-state index contributed by atoms with van der Waals surface area (Å²) in [5, 5.41) is 4.78. The van der Waals surface area contributed by atoms with Crippen LogP contribution in [0.4, 0.5) is 0 Å². The third kappa shape index (κ3) is 3.66. The molecule has 1 aromatic carbocycles. The number of para-hydroxylation sites is 1. The summed E-state index contributed by atoms with van der Waals surface area (Å²) < 4.78 is 0. The number of aromatic nitrogens is 1. The second-order valence-electron chi connectivity index (χ2n) is 7.96. The average Bonchev–Trinajstić information content (AvgIpc) is 2.52. The summed E-state index contributed by atoms with van der Waals surface area (Å²) in [6.45, 7) is 7.65. The summed E-state index contributed by atoms with van der Waals surface area (Å²) in [6.07, 6.45) is 5.12. The van der Waals surface area contributed by atoms with Gasteiger partial charge in [-0.2, -0.15) is 0 Å². The molecule has 1 heterocycles. The molecule has 0 saturated heterocycles. The van der Waals surface area contributed by atoms with Gasteiger partial charge in [0.1, 0.15) is 0 Å². The lowest BCUT2D eigenvalue weighted by atomic mass is 9.69. The fourth-order valence-electron chi connectivity index (χ4n) is 3.98. The van der Waals surface area contributed by atoms with Crippen LogP contribution in [-0.4, -0.2) is 11.0 Å². The molecule has 0 amide bonds. The molecule has 3 nitrogen and oxygen atoms in total. The van der Waals surface area contributed by atoms with Crippen LogP contribution in [0.5, 0.6) is 0 Å². The highest BCUT2D eigenvalue weighted by molar-refractivity contribution is 5.78. The van der Waals surface area contributed by atoms with E-state index in [9.17, 15) is 4.79 Å². The Hall–Kier alpha value is -1.61. The smallest absolute Gasteiger partial charge is 0.252 e. The van der Waals surface area contributed by atoms with Crippen molar-refractivity contribution in [2.24, 2.45) is 11.3 Å². The maximum absolute atomic E-state index is 12.3. The van der Waals surface area contributed by atoms with Gasteiger partial charge in [0.15, 0.2) is 0 Å². The summed E-state index contributed by atoms with van der Waals surface area (Å²) in [5.41, 5.74) is 2.08. The van der Waals surface area contributed by atoms with E-state index >= 15 is 0 Å². The highest BCUT2D eigenvalue weighted by Gasteiger charge is 2.33. The van der Waals surface area contributed by atoms with Gasteiger partial charge < -0.3 is 10.3 Å². The number of rotatable bonds is 3. The minimum Gasteiger partial charge on any atom is -0.322 e. The van der Waals surface area contributed by atoms with Crippen LogP contribution < -0.4 is 10.9 Å². The van der Waals surface area contributed by atoms with Gasteiger partial charge in [0, 0.05) is 23.7 Å². The summed E-state index contributed by atoms with van der Waals surface area (Å²) >= 11 is 0. The zero-order valence-electron chi connectivity index (χ0n) is 14.5. The van der Waals surface area contributed by atoms with Gasteiger partial charge in [-0.25, -0.2) is 0 Å². The van der Waals surface area contributed by atoms with Crippen molar-refractivity contribution in [3.63, 3.8) is 0 Å². The molecule has 0 bridgehead atoms. The monoisotopic (exact) mass is 312 g/mol. The van der Waals surface area contributed by atoms with E-state index in [0.717, 1.165) is 16.5 Å². The predicted molar refractivity (Wildman–Crippen MR) is 96.6 cm³/mol. The summed E-state index contributed by atoms with van der Waals surface area (Å²) in [5.74, 6) is 0.677. The molecule has 0 aliphatic heterocycles. The van der Waals surface area contributed by atoms with E-state index in [-0.39, 0.29) is 5.56 Å². The SMILES string of the molecule is CC(C)(C)C1CCCCC1NCc1cc2ccccc2[nH]c1=O. The zero-order chi connectivity index (χ0) is 16.4. The van der Waals surface area contributed by atoms with E-state index in [0.29, 0.717) is 23.9 Å². The van der Waals surface area contributed by atoms with Crippen LogP contribution in [0.1, 0.15) is 52.0 Å². The van der Waals surface area contributed by atoms with Gasteiger partial charge in [0.25, 0.3) is 5.56 Å². The second-order valence-corrected chi connectivity index (χ2v) is 7.96.